The molecule has 2 aliphatic heterocycles. The number of ether oxygens (including phenoxy) is 1. The van der Waals surface area contributed by atoms with Crippen LogP contribution in [0.4, 0.5) is 0 Å². The van der Waals surface area contributed by atoms with E-state index in [2.05, 4.69) is 4.90 Å². The van der Waals surface area contributed by atoms with E-state index in [1.165, 1.54) is 6.08 Å². The number of aromatic hydroxyl groups is 1. The molecule has 1 saturated carbocycles. The van der Waals surface area contributed by atoms with Crippen molar-refractivity contribution in [3.8, 4) is 11.5 Å². The van der Waals surface area contributed by atoms with Crippen LogP contribution in [0.2, 0.25) is 0 Å². The van der Waals surface area contributed by atoms with Gasteiger partial charge in [-0.05, 0) is 37.3 Å². The molecule has 2 heterocycles. The van der Waals surface area contributed by atoms with Crippen molar-refractivity contribution in [3.63, 3.8) is 0 Å². The number of hydrogen-bond donors (Lipinski definition) is 2. The normalized spacial score (nSPS) is 52.7. The number of rotatable bonds is 0. The molecule has 2 fully saturated rings. The number of nitrogens with zero attached hydrogens (tertiary/aromatic N) is 1. The number of piperidine rings is 1. The molecule has 2 unspecified atom stereocenters. The highest BCUT2D eigenvalue weighted by molar-refractivity contribution is 6.00. The van der Waals surface area contributed by atoms with Gasteiger partial charge in [-0.15, -0.1) is 0 Å². The first-order valence-corrected chi connectivity index (χ1v) is 7.20. The van der Waals surface area contributed by atoms with Gasteiger partial charge in [-0.25, -0.2) is 0 Å². The topological polar surface area (TPSA) is 69.8 Å². The fourth-order valence-corrected chi connectivity index (χ4v) is 5.87. The Hall–Kier alpha value is -1.85. The zero-order chi connectivity index (χ0) is 14.4. The lowest BCUT2D eigenvalue weighted by molar-refractivity contribution is -0.130. The Morgan fingerprint density at radius 2 is 2.24 bits per heavy atom. The van der Waals surface area contributed by atoms with Crippen LogP contribution in [-0.2, 0) is 15.7 Å². The number of likely N-dealkylation sites (N-methyl/N-ethyl adjacent to an activating group) is 1. The maximum atomic E-state index is 12.3. The van der Waals surface area contributed by atoms with Gasteiger partial charge >= 0.3 is 0 Å². The minimum atomic E-state index is -1.09. The largest absolute Gasteiger partial charge is 0.504 e. The Morgan fingerprint density at radius 3 is 3.05 bits per heavy atom. The van der Waals surface area contributed by atoms with Crippen molar-refractivity contribution in [3.05, 3.63) is 35.4 Å². The molecular weight excluding hydrogens is 270 g/mol. The first kappa shape index (κ1) is 10.8. The summed E-state index contributed by atoms with van der Waals surface area (Å²) < 4.78 is 5.82. The number of benzene rings is 1. The molecule has 5 aliphatic rings. The van der Waals surface area contributed by atoms with E-state index in [-0.39, 0.29) is 23.1 Å². The van der Waals surface area contributed by atoms with Gasteiger partial charge in [0.05, 0.1) is 17.0 Å². The fraction of sp³-hybridized carbons (Fsp3) is 0.438. The predicted molar refractivity (Wildman–Crippen MR) is 71.1 cm³/mol. The van der Waals surface area contributed by atoms with Gasteiger partial charge in [0.25, 0.3) is 0 Å². The molecule has 2 spiro atoms. The van der Waals surface area contributed by atoms with Crippen molar-refractivity contribution in [1.82, 2.24) is 4.90 Å². The van der Waals surface area contributed by atoms with Crippen molar-refractivity contribution < 1.29 is 19.7 Å². The summed E-state index contributed by atoms with van der Waals surface area (Å²) in [5, 5.41) is 21.5. The third-order valence-electron chi connectivity index (χ3n) is 6.57. The van der Waals surface area contributed by atoms with Crippen molar-refractivity contribution in [2.24, 2.45) is 0 Å². The smallest absolute Gasteiger partial charge is 0.196 e. The van der Waals surface area contributed by atoms with Gasteiger partial charge in [-0.1, -0.05) is 6.07 Å². The van der Waals surface area contributed by atoms with Crippen LogP contribution < -0.4 is 4.74 Å². The fourth-order valence-electron chi connectivity index (χ4n) is 5.87. The zero-order valence-electron chi connectivity index (χ0n) is 11.3. The molecule has 0 amide bonds. The van der Waals surface area contributed by atoms with Crippen LogP contribution in [0.1, 0.15) is 17.5 Å². The lowest BCUT2D eigenvalue weighted by Gasteiger charge is -2.44. The van der Waals surface area contributed by atoms with Crippen LogP contribution in [0, 0.1) is 0 Å². The number of carbonyl (C=O) groups excluding carboxylic acids is 1. The van der Waals surface area contributed by atoms with Gasteiger partial charge < -0.3 is 14.9 Å². The van der Waals surface area contributed by atoms with Crippen molar-refractivity contribution >= 4 is 5.78 Å². The van der Waals surface area contributed by atoms with E-state index in [1.54, 1.807) is 12.1 Å². The van der Waals surface area contributed by atoms with Gasteiger partial charge in [0, 0.05) is 5.56 Å². The molecule has 3 aliphatic carbocycles. The number of phenols is 1. The Bertz CT molecular complexity index is 817. The molecule has 21 heavy (non-hydrogen) atoms. The molecule has 5 nitrogen and oxygen atoms in total. The highest BCUT2D eigenvalue weighted by Crippen LogP contribution is 2.80. The van der Waals surface area contributed by atoms with Gasteiger partial charge in [-0.2, -0.15) is 0 Å². The molecule has 1 aromatic carbocycles. The Labute approximate surface area is 120 Å². The van der Waals surface area contributed by atoms with Crippen LogP contribution in [0.25, 0.3) is 0 Å². The summed E-state index contributed by atoms with van der Waals surface area (Å²) in [7, 11) is 2.01. The second-order valence-corrected chi connectivity index (χ2v) is 6.98. The number of carbonyl (C=O) groups is 1. The summed E-state index contributed by atoms with van der Waals surface area (Å²) in [4.78, 5) is 14.5. The molecular formula is C16H13NO4. The summed E-state index contributed by atoms with van der Waals surface area (Å²) >= 11 is 0. The minimum Gasteiger partial charge on any atom is -0.504 e. The SMILES string of the molecule is CN1[C@@H]2C13C[C@]14c5c3ccc(O)c5O[C@H]1C(=O)C=C[C@@]24O. The number of ketones is 1. The van der Waals surface area contributed by atoms with Crippen LogP contribution in [-0.4, -0.2) is 45.7 Å². The molecule has 2 bridgehead atoms. The maximum absolute atomic E-state index is 12.3. The first-order valence-electron chi connectivity index (χ1n) is 7.20. The third kappa shape index (κ3) is 0.701. The number of likely N-dealkylation sites (tertiary alicyclic amines) is 1. The highest BCUT2D eigenvalue weighted by Gasteiger charge is 2.90. The van der Waals surface area contributed by atoms with Gasteiger partial charge in [0.2, 0.25) is 0 Å². The van der Waals surface area contributed by atoms with Gasteiger partial charge in [-0.3, -0.25) is 9.69 Å². The number of fused-ring (bicyclic) bond motifs is 1. The first-order chi connectivity index (χ1) is 9.98. The molecule has 6 rings (SSSR count). The summed E-state index contributed by atoms with van der Waals surface area (Å²) in [5.41, 5.74) is -0.0543. The molecule has 1 aromatic rings. The lowest BCUT2D eigenvalue weighted by atomic mass is 9.62. The van der Waals surface area contributed by atoms with E-state index in [0.717, 1.165) is 11.1 Å². The summed E-state index contributed by atoms with van der Waals surface area (Å²) in [6.07, 6.45) is 3.08. The second-order valence-electron chi connectivity index (χ2n) is 6.98. The molecule has 2 N–H and O–H groups in total. The number of phenolic OH excluding ortho intramolecular Hbond substituents is 1. The molecule has 6 atom stereocenters. The molecule has 106 valence electrons. The summed E-state index contributed by atoms with van der Waals surface area (Å²) in [6.45, 7) is 0. The van der Waals surface area contributed by atoms with Crippen LogP contribution in [0.15, 0.2) is 24.3 Å². The second kappa shape index (κ2) is 2.51. The number of hydrogen-bond acceptors (Lipinski definition) is 5. The van der Waals surface area contributed by atoms with E-state index in [1.807, 2.05) is 13.1 Å². The highest BCUT2D eigenvalue weighted by atomic mass is 16.5. The van der Waals surface area contributed by atoms with Crippen molar-refractivity contribution in [2.75, 3.05) is 7.05 Å². The molecule has 0 aromatic heterocycles. The quantitative estimate of drug-likeness (QED) is 0.665. The molecule has 5 heteroatoms. The van der Waals surface area contributed by atoms with E-state index in [9.17, 15) is 15.0 Å². The molecule has 0 radical (unpaired) electrons. The predicted octanol–water partition coefficient (Wildman–Crippen LogP) is 0.188. The summed E-state index contributed by atoms with van der Waals surface area (Å²) in [5.74, 6) is 0.322. The Morgan fingerprint density at radius 1 is 1.43 bits per heavy atom. The Kier molecular flexibility index (Phi) is 1.29. The molecule has 1 saturated heterocycles. The summed E-state index contributed by atoms with van der Waals surface area (Å²) in [6, 6.07) is 3.55. The van der Waals surface area contributed by atoms with Crippen molar-refractivity contribution in [2.45, 2.75) is 35.1 Å². The van der Waals surface area contributed by atoms with Crippen LogP contribution in [0.3, 0.4) is 0 Å². The average Bonchev–Trinajstić information content (AvgIpc) is 2.76. The zero-order valence-corrected chi connectivity index (χ0v) is 11.3. The van der Waals surface area contributed by atoms with Crippen LogP contribution in [0.5, 0.6) is 11.5 Å². The van der Waals surface area contributed by atoms with Gasteiger partial charge in [0.1, 0.15) is 5.60 Å². The van der Waals surface area contributed by atoms with E-state index >= 15 is 0 Å². The van der Waals surface area contributed by atoms with E-state index in [4.69, 9.17) is 4.74 Å². The minimum absolute atomic E-state index is 0.0107. The van der Waals surface area contributed by atoms with Gasteiger partial charge in [0.15, 0.2) is 23.4 Å². The lowest BCUT2D eigenvalue weighted by Crippen LogP contribution is -2.61. The van der Waals surface area contributed by atoms with E-state index in [0.29, 0.717) is 12.2 Å². The van der Waals surface area contributed by atoms with Crippen LogP contribution >= 0.6 is 0 Å². The maximum Gasteiger partial charge on any atom is 0.196 e. The standard InChI is InChI=1S/C16H13NO4/c1-17-13-15(17)6-14-10-7(15)2-3-8(18)11(10)21-12(14)9(19)4-5-16(13,14)20/h2-5,12-13,18,20H,6H2,1H3/t12-,13+,14-,15?,16+,17?/m0/s1. The number of aliphatic hydroxyl groups is 1. The Balaban J connectivity index is 1.82. The monoisotopic (exact) mass is 283 g/mol. The third-order valence-corrected chi connectivity index (χ3v) is 6.57. The van der Waals surface area contributed by atoms with E-state index < -0.39 is 17.1 Å². The van der Waals surface area contributed by atoms with Crippen molar-refractivity contribution in [1.29, 1.82) is 0 Å². The average molecular weight is 283 g/mol.